The second kappa shape index (κ2) is 7.51. The van der Waals surface area contributed by atoms with E-state index in [0.29, 0.717) is 18.3 Å². The standard InChI is InChI=1S/C30H34N4O/c1-8-19-17(6)24-11-22-14(3)13(2)21(31-22)10-23-15(4)16(5)29(33-23)20-9-27(35)28-18(7)25(34-30(20)28)12-26(19)32-24/h10-12,15-16,31-34H,8-9H2,1-7H3/b23-10-,24-11-,26-12-,29-20-/t15-,16-/m0/s1. The molecule has 0 saturated carbocycles. The molecule has 2 atom stereocenters. The second-order valence-electron chi connectivity index (χ2n) is 10.6. The molecule has 3 aliphatic rings. The summed E-state index contributed by atoms with van der Waals surface area (Å²) in [6, 6.07) is 0. The zero-order valence-corrected chi connectivity index (χ0v) is 21.7. The normalized spacial score (nSPS) is 26.1. The highest BCUT2D eigenvalue weighted by molar-refractivity contribution is 6.13. The Morgan fingerprint density at radius 1 is 0.800 bits per heavy atom. The van der Waals surface area contributed by atoms with Gasteiger partial charge in [-0.1, -0.05) is 20.8 Å². The van der Waals surface area contributed by atoms with E-state index < -0.39 is 0 Å². The Morgan fingerprint density at radius 2 is 1.46 bits per heavy atom. The number of aromatic nitrogens is 3. The van der Waals surface area contributed by atoms with E-state index in [1.54, 1.807) is 0 Å². The number of aromatic amines is 3. The van der Waals surface area contributed by atoms with Crippen molar-refractivity contribution in [2.24, 2.45) is 11.8 Å². The first-order chi connectivity index (χ1) is 16.7. The molecule has 1 saturated heterocycles. The van der Waals surface area contributed by atoms with Gasteiger partial charge >= 0.3 is 0 Å². The van der Waals surface area contributed by atoms with E-state index in [1.807, 2.05) is 0 Å². The molecule has 3 aromatic rings. The molecule has 180 valence electrons. The molecule has 0 unspecified atom stereocenters. The number of hydrogen-bond donors (Lipinski definition) is 4. The summed E-state index contributed by atoms with van der Waals surface area (Å²) < 4.78 is 0. The van der Waals surface area contributed by atoms with Gasteiger partial charge in [-0.15, -0.1) is 0 Å². The van der Waals surface area contributed by atoms with Crippen molar-refractivity contribution < 1.29 is 4.79 Å². The molecular formula is C30H34N4O. The van der Waals surface area contributed by atoms with E-state index in [-0.39, 0.29) is 5.78 Å². The number of carbonyl (C=O) groups excluding carboxylic acids is 1. The Kier molecular flexibility index (Phi) is 4.73. The van der Waals surface area contributed by atoms with Gasteiger partial charge in [-0.05, 0) is 80.2 Å². The molecule has 5 heteroatoms. The summed E-state index contributed by atoms with van der Waals surface area (Å²) in [7, 11) is 0. The number of allylic oxidation sites excluding steroid dienone is 3. The lowest BCUT2D eigenvalue weighted by atomic mass is 9.92. The number of carbonyl (C=O) groups is 1. The largest absolute Gasteiger partial charge is 0.361 e. The Balaban J connectivity index is 1.73. The van der Waals surface area contributed by atoms with Crippen LogP contribution in [0.4, 0.5) is 0 Å². The maximum atomic E-state index is 13.2. The van der Waals surface area contributed by atoms with Crippen LogP contribution in [0.3, 0.4) is 0 Å². The number of hydrogen-bond acceptors (Lipinski definition) is 2. The molecule has 5 nitrogen and oxygen atoms in total. The number of Topliss-reactive ketones (excluding diaryl/α,β-unsaturated/α-hetero) is 1. The van der Waals surface area contributed by atoms with Crippen LogP contribution < -0.4 is 16.0 Å². The summed E-state index contributed by atoms with van der Waals surface area (Å²) in [6.07, 6.45) is 8.10. The van der Waals surface area contributed by atoms with Gasteiger partial charge < -0.3 is 20.3 Å². The third-order valence-electron chi connectivity index (χ3n) is 8.83. The van der Waals surface area contributed by atoms with E-state index in [0.717, 1.165) is 56.6 Å². The second-order valence-corrected chi connectivity index (χ2v) is 10.6. The number of ketones is 1. The molecule has 0 aromatic carbocycles. The van der Waals surface area contributed by atoms with Gasteiger partial charge in [0.05, 0.1) is 5.69 Å². The molecule has 8 bridgehead atoms. The summed E-state index contributed by atoms with van der Waals surface area (Å²) in [5, 5.41) is 5.98. The first-order valence-electron chi connectivity index (χ1n) is 12.8. The highest BCUT2D eigenvalue weighted by atomic mass is 16.1. The Labute approximate surface area is 206 Å². The average molecular weight is 467 g/mol. The van der Waals surface area contributed by atoms with Gasteiger partial charge in [-0.3, -0.25) is 4.79 Å². The highest BCUT2D eigenvalue weighted by Gasteiger charge is 2.37. The van der Waals surface area contributed by atoms with Crippen LogP contribution in [-0.4, -0.2) is 20.7 Å². The van der Waals surface area contributed by atoms with Crippen molar-refractivity contribution in [3.63, 3.8) is 0 Å². The summed E-state index contributed by atoms with van der Waals surface area (Å²) in [5.41, 5.74) is 14.8. The zero-order valence-electron chi connectivity index (χ0n) is 21.7. The minimum Gasteiger partial charge on any atom is -0.361 e. The fourth-order valence-electron chi connectivity index (χ4n) is 6.19. The molecule has 1 aliphatic carbocycles. The maximum absolute atomic E-state index is 13.2. The van der Waals surface area contributed by atoms with Crippen molar-refractivity contribution in [2.75, 3.05) is 0 Å². The van der Waals surface area contributed by atoms with Gasteiger partial charge in [0.25, 0.3) is 0 Å². The highest BCUT2D eigenvalue weighted by Crippen LogP contribution is 2.43. The molecule has 0 radical (unpaired) electrons. The van der Waals surface area contributed by atoms with E-state index in [4.69, 9.17) is 0 Å². The van der Waals surface area contributed by atoms with Crippen LogP contribution in [0.2, 0.25) is 0 Å². The lowest BCUT2D eigenvalue weighted by Crippen LogP contribution is -2.13. The Bertz CT molecular complexity index is 1610. The van der Waals surface area contributed by atoms with Crippen molar-refractivity contribution in [2.45, 2.75) is 61.3 Å². The van der Waals surface area contributed by atoms with Crippen LogP contribution in [0.15, 0.2) is 11.4 Å². The smallest absolute Gasteiger partial charge is 0.169 e. The molecule has 4 N–H and O–H groups in total. The van der Waals surface area contributed by atoms with E-state index >= 15 is 0 Å². The van der Waals surface area contributed by atoms with Gasteiger partial charge in [0, 0.05) is 68.6 Å². The minimum atomic E-state index is 0.212. The van der Waals surface area contributed by atoms with E-state index in [2.05, 4.69) is 87.0 Å². The fraction of sp³-hybridized carbons (Fsp3) is 0.367. The number of rotatable bonds is 1. The number of nitrogens with one attached hydrogen (secondary N) is 4. The first-order valence-corrected chi connectivity index (χ1v) is 12.8. The van der Waals surface area contributed by atoms with Gasteiger partial charge in [-0.2, -0.15) is 0 Å². The minimum absolute atomic E-state index is 0.212. The monoisotopic (exact) mass is 466 g/mol. The van der Waals surface area contributed by atoms with Crippen molar-refractivity contribution in [3.8, 4) is 0 Å². The third kappa shape index (κ3) is 3.03. The van der Waals surface area contributed by atoms with Crippen molar-refractivity contribution in [1.29, 1.82) is 0 Å². The van der Waals surface area contributed by atoms with Gasteiger partial charge in [0.2, 0.25) is 0 Å². The molecular weight excluding hydrogens is 432 g/mol. The Morgan fingerprint density at radius 3 is 2.17 bits per heavy atom. The molecule has 35 heavy (non-hydrogen) atoms. The van der Waals surface area contributed by atoms with Crippen LogP contribution in [0, 0.1) is 39.5 Å². The molecule has 3 aromatic heterocycles. The predicted molar refractivity (Wildman–Crippen MR) is 142 cm³/mol. The first kappa shape index (κ1) is 22.0. The quantitative estimate of drug-likeness (QED) is 0.421. The maximum Gasteiger partial charge on any atom is 0.169 e. The summed E-state index contributed by atoms with van der Waals surface area (Å²) in [5.74, 6) is 0.859. The third-order valence-corrected chi connectivity index (χ3v) is 8.83. The molecule has 6 rings (SSSR count). The zero-order chi connectivity index (χ0) is 24.8. The molecule has 1 fully saturated rings. The molecule has 2 aliphatic heterocycles. The lowest BCUT2D eigenvalue weighted by Gasteiger charge is -2.11. The van der Waals surface area contributed by atoms with Crippen molar-refractivity contribution in [3.05, 3.63) is 78.2 Å². The topological polar surface area (TPSA) is 76.5 Å². The molecule has 5 heterocycles. The molecule has 0 amide bonds. The van der Waals surface area contributed by atoms with Crippen molar-refractivity contribution >= 4 is 29.6 Å². The van der Waals surface area contributed by atoms with Crippen LogP contribution in [0.1, 0.15) is 88.1 Å². The van der Waals surface area contributed by atoms with Crippen LogP contribution in [0.25, 0.3) is 23.8 Å². The SMILES string of the molecule is CCc1c(C)/c2[nH]/c1=C\c1[nH]c3c(c1C)C(=O)C/C3=C1/N/C(=C\c3[nH]c(c(C)c3C)\C=2)[C@@H](C)[C@@H]1C. The average Bonchev–Trinajstić information content (AvgIpc) is 3.55. The number of fused-ring (bicyclic) bond motifs is 7. The van der Waals surface area contributed by atoms with Crippen LogP contribution in [-0.2, 0) is 6.42 Å². The molecule has 0 spiro atoms. The van der Waals surface area contributed by atoms with Crippen LogP contribution in [0.5, 0.6) is 0 Å². The lowest BCUT2D eigenvalue weighted by molar-refractivity contribution is 0.100. The summed E-state index contributed by atoms with van der Waals surface area (Å²) >= 11 is 0. The van der Waals surface area contributed by atoms with Crippen LogP contribution >= 0.6 is 0 Å². The summed E-state index contributed by atoms with van der Waals surface area (Å²) in [6.45, 7) is 15.4. The predicted octanol–water partition coefficient (Wildman–Crippen LogP) is 4.65. The summed E-state index contributed by atoms with van der Waals surface area (Å²) in [4.78, 5) is 24.2. The van der Waals surface area contributed by atoms with E-state index in [1.165, 1.54) is 33.6 Å². The number of H-pyrrole nitrogens is 3. The van der Waals surface area contributed by atoms with Crippen molar-refractivity contribution in [1.82, 2.24) is 20.3 Å². The Hall–Kier alpha value is -3.47. The fourth-order valence-corrected chi connectivity index (χ4v) is 6.19. The van der Waals surface area contributed by atoms with E-state index in [9.17, 15) is 4.79 Å². The van der Waals surface area contributed by atoms with Gasteiger partial charge in [0.1, 0.15) is 0 Å². The van der Waals surface area contributed by atoms with Gasteiger partial charge in [-0.25, -0.2) is 0 Å². The van der Waals surface area contributed by atoms with Gasteiger partial charge in [0.15, 0.2) is 5.78 Å².